The number of carbonyl (C=O) groups is 2. The van der Waals surface area contributed by atoms with E-state index in [0.717, 1.165) is 25.8 Å². The van der Waals surface area contributed by atoms with Crippen molar-refractivity contribution >= 4 is 11.7 Å². The van der Waals surface area contributed by atoms with Gasteiger partial charge in [0.1, 0.15) is 0 Å². The number of amides is 1. The predicted octanol–water partition coefficient (Wildman–Crippen LogP) is 2.26. The van der Waals surface area contributed by atoms with E-state index in [4.69, 9.17) is 9.47 Å². The van der Waals surface area contributed by atoms with E-state index in [0.29, 0.717) is 24.3 Å². The number of ketones is 1. The molecule has 1 atom stereocenters. The van der Waals surface area contributed by atoms with Gasteiger partial charge in [-0.1, -0.05) is 12.1 Å². The number of piperidine rings is 1. The second kappa shape index (κ2) is 6.58. The molecule has 5 nitrogen and oxygen atoms in total. The number of hydrogen-bond donors (Lipinski definition) is 0. The zero-order valence-corrected chi connectivity index (χ0v) is 12.8. The first-order chi connectivity index (χ1) is 10.7. The first-order valence-electron chi connectivity index (χ1n) is 7.82. The second-order valence-electron chi connectivity index (χ2n) is 5.81. The van der Waals surface area contributed by atoms with Gasteiger partial charge in [0.15, 0.2) is 12.1 Å². The summed E-state index contributed by atoms with van der Waals surface area (Å²) in [6.45, 7) is 3.43. The minimum atomic E-state index is -0.305. The molecule has 2 aliphatic rings. The van der Waals surface area contributed by atoms with E-state index < -0.39 is 0 Å². The Balaban J connectivity index is 1.77. The van der Waals surface area contributed by atoms with Crippen molar-refractivity contribution in [1.29, 1.82) is 0 Å². The Kier molecular flexibility index (Phi) is 4.55. The fraction of sp³-hybridized carbons (Fsp3) is 0.529. The summed E-state index contributed by atoms with van der Waals surface area (Å²) >= 11 is 0. The fourth-order valence-electron chi connectivity index (χ4n) is 3.10. The third kappa shape index (κ3) is 3.05. The smallest absolute Gasteiger partial charge is 0.254 e. The molecule has 1 amide bonds. The molecule has 0 saturated carbocycles. The van der Waals surface area contributed by atoms with E-state index in [-0.39, 0.29) is 24.0 Å². The molecule has 2 saturated heterocycles. The van der Waals surface area contributed by atoms with Crippen LogP contribution in [0.5, 0.6) is 0 Å². The van der Waals surface area contributed by atoms with Gasteiger partial charge < -0.3 is 14.4 Å². The van der Waals surface area contributed by atoms with Gasteiger partial charge in [0.25, 0.3) is 5.91 Å². The molecule has 1 aromatic carbocycles. The Morgan fingerprint density at radius 2 is 1.68 bits per heavy atom. The molecular formula is C17H21NO4. The number of likely N-dealkylation sites (tertiary alicyclic amines) is 1. The summed E-state index contributed by atoms with van der Waals surface area (Å²) in [7, 11) is 0. The van der Waals surface area contributed by atoms with Crippen LogP contribution in [-0.2, 0) is 9.47 Å². The second-order valence-corrected chi connectivity index (χ2v) is 5.81. The maximum atomic E-state index is 12.8. The topological polar surface area (TPSA) is 55.8 Å². The summed E-state index contributed by atoms with van der Waals surface area (Å²) in [4.78, 5) is 26.0. The molecular weight excluding hydrogens is 282 g/mol. The Hall–Kier alpha value is -1.72. The van der Waals surface area contributed by atoms with Gasteiger partial charge in [-0.2, -0.15) is 0 Å². The van der Waals surface area contributed by atoms with Gasteiger partial charge in [0.2, 0.25) is 0 Å². The van der Waals surface area contributed by atoms with Crippen molar-refractivity contribution < 1.29 is 19.1 Å². The number of hydrogen-bond acceptors (Lipinski definition) is 4. The first kappa shape index (κ1) is 15.2. The average molecular weight is 303 g/mol. The molecule has 1 unspecified atom stereocenters. The van der Waals surface area contributed by atoms with E-state index in [1.54, 1.807) is 24.3 Å². The molecule has 0 bridgehead atoms. The van der Waals surface area contributed by atoms with Crippen LogP contribution in [-0.4, -0.2) is 48.7 Å². The molecule has 5 heteroatoms. The lowest BCUT2D eigenvalue weighted by atomic mass is 9.99. The summed E-state index contributed by atoms with van der Waals surface area (Å²) in [6.07, 6.45) is 2.68. The van der Waals surface area contributed by atoms with E-state index in [9.17, 15) is 9.59 Å². The lowest BCUT2D eigenvalue weighted by Crippen LogP contribution is -2.50. The highest BCUT2D eigenvalue weighted by molar-refractivity contribution is 5.97. The van der Waals surface area contributed by atoms with E-state index >= 15 is 0 Å². The highest BCUT2D eigenvalue weighted by Crippen LogP contribution is 2.26. The molecule has 0 aromatic heterocycles. The van der Waals surface area contributed by atoms with Crippen LogP contribution in [0, 0.1) is 0 Å². The van der Waals surface area contributed by atoms with Crippen molar-refractivity contribution in [2.75, 3.05) is 19.8 Å². The van der Waals surface area contributed by atoms with Gasteiger partial charge in [-0.3, -0.25) is 9.59 Å². The van der Waals surface area contributed by atoms with Crippen LogP contribution < -0.4 is 0 Å². The molecule has 0 aliphatic carbocycles. The molecule has 0 N–H and O–H groups in total. The Morgan fingerprint density at radius 3 is 2.32 bits per heavy atom. The minimum absolute atomic E-state index is 0.00241. The van der Waals surface area contributed by atoms with Crippen molar-refractivity contribution in [3.63, 3.8) is 0 Å². The Labute approximate surface area is 130 Å². The average Bonchev–Trinajstić information content (AvgIpc) is 3.08. The summed E-state index contributed by atoms with van der Waals surface area (Å²) in [5.41, 5.74) is 1.23. The minimum Gasteiger partial charge on any atom is -0.348 e. The third-order valence-electron chi connectivity index (χ3n) is 4.31. The largest absolute Gasteiger partial charge is 0.348 e. The van der Waals surface area contributed by atoms with Crippen LogP contribution in [0.4, 0.5) is 0 Å². The van der Waals surface area contributed by atoms with Gasteiger partial charge >= 0.3 is 0 Å². The van der Waals surface area contributed by atoms with Gasteiger partial charge in [-0.25, -0.2) is 0 Å². The predicted molar refractivity (Wildman–Crippen MR) is 80.8 cm³/mol. The summed E-state index contributed by atoms with van der Waals surface area (Å²) in [5, 5.41) is 0. The van der Waals surface area contributed by atoms with Crippen molar-refractivity contribution in [1.82, 2.24) is 4.90 Å². The highest BCUT2D eigenvalue weighted by Gasteiger charge is 2.36. The summed E-state index contributed by atoms with van der Waals surface area (Å²) in [6, 6.07) is 6.84. The van der Waals surface area contributed by atoms with Crippen molar-refractivity contribution in [3.8, 4) is 0 Å². The standard InChI is InChI=1S/C17H21NO4/c1-12(19)13-5-7-14(8-6-13)16(20)18-9-3-2-4-15(18)17-21-10-11-22-17/h5-8,15,17H,2-4,9-11H2,1H3. The quantitative estimate of drug-likeness (QED) is 0.804. The molecule has 2 heterocycles. The van der Waals surface area contributed by atoms with E-state index in [2.05, 4.69) is 0 Å². The van der Waals surface area contributed by atoms with Crippen LogP contribution in [0.15, 0.2) is 24.3 Å². The zero-order valence-electron chi connectivity index (χ0n) is 12.8. The lowest BCUT2D eigenvalue weighted by Gasteiger charge is -2.38. The lowest BCUT2D eigenvalue weighted by molar-refractivity contribution is -0.100. The number of Topliss-reactive ketones (excluding diaryl/α,β-unsaturated/α-hetero) is 1. The number of ether oxygens (including phenoxy) is 2. The monoisotopic (exact) mass is 303 g/mol. The maximum absolute atomic E-state index is 12.8. The molecule has 2 fully saturated rings. The van der Waals surface area contributed by atoms with Gasteiger partial charge in [-0.05, 0) is 38.3 Å². The zero-order chi connectivity index (χ0) is 15.5. The molecule has 3 rings (SSSR count). The number of benzene rings is 1. The van der Waals surface area contributed by atoms with Crippen LogP contribution in [0.1, 0.15) is 46.9 Å². The first-order valence-corrected chi connectivity index (χ1v) is 7.82. The van der Waals surface area contributed by atoms with E-state index in [1.807, 2.05) is 4.90 Å². The van der Waals surface area contributed by atoms with Gasteiger partial charge in [-0.15, -0.1) is 0 Å². The van der Waals surface area contributed by atoms with Crippen molar-refractivity contribution in [2.45, 2.75) is 38.5 Å². The van der Waals surface area contributed by atoms with Crippen molar-refractivity contribution in [3.05, 3.63) is 35.4 Å². The Bertz CT molecular complexity index is 548. The van der Waals surface area contributed by atoms with Crippen LogP contribution in [0.25, 0.3) is 0 Å². The third-order valence-corrected chi connectivity index (χ3v) is 4.31. The summed E-state index contributed by atoms with van der Waals surface area (Å²) in [5.74, 6) is -0.0125. The molecule has 0 spiro atoms. The number of rotatable bonds is 3. The Morgan fingerprint density at radius 1 is 1.05 bits per heavy atom. The van der Waals surface area contributed by atoms with E-state index in [1.165, 1.54) is 6.92 Å². The highest BCUT2D eigenvalue weighted by atomic mass is 16.7. The SMILES string of the molecule is CC(=O)c1ccc(C(=O)N2CCCCC2C2OCCO2)cc1. The maximum Gasteiger partial charge on any atom is 0.254 e. The normalized spacial score (nSPS) is 22.8. The van der Waals surface area contributed by atoms with Crippen LogP contribution in [0.3, 0.4) is 0 Å². The summed E-state index contributed by atoms with van der Waals surface area (Å²) < 4.78 is 11.2. The van der Waals surface area contributed by atoms with Crippen molar-refractivity contribution in [2.24, 2.45) is 0 Å². The van der Waals surface area contributed by atoms with Gasteiger partial charge in [0, 0.05) is 17.7 Å². The molecule has 1 aromatic rings. The number of carbonyl (C=O) groups excluding carboxylic acids is 2. The molecule has 2 aliphatic heterocycles. The number of nitrogens with zero attached hydrogens (tertiary/aromatic N) is 1. The molecule has 22 heavy (non-hydrogen) atoms. The van der Waals surface area contributed by atoms with Crippen LogP contribution >= 0.6 is 0 Å². The van der Waals surface area contributed by atoms with Crippen LogP contribution in [0.2, 0.25) is 0 Å². The molecule has 118 valence electrons. The molecule has 0 radical (unpaired) electrons. The fourth-order valence-corrected chi connectivity index (χ4v) is 3.10. The van der Waals surface area contributed by atoms with Gasteiger partial charge in [0.05, 0.1) is 19.3 Å².